The lowest BCUT2D eigenvalue weighted by atomic mass is 9.96. The van der Waals surface area contributed by atoms with Crippen LogP contribution >= 0.6 is 23.2 Å². The van der Waals surface area contributed by atoms with E-state index >= 15 is 0 Å². The highest BCUT2D eigenvalue weighted by atomic mass is 35.5. The number of carbonyl (C=O) groups is 3. The van der Waals surface area contributed by atoms with Gasteiger partial charge in [0.05, 0.1) is 5.02 Å². The highest BCUT2D eigenvalue weighted by Crippen LogP contribution is 2.30. The van der Waals surface area contributed by atoms with E-state index in [2.05, 4.69) is 10.3 Å². The fraction of sp³-hybridized carbons (Fsp3) is 0.125. The summed E-state index contributed by atoms with van der Waals surface area (Å²) in [5, 5.41) is 19.8. The Bertz CT molecular complexity index is 1260. The second-order valence-electron chi connectivity index (χ2n) is 7.23. The fourth-order valence-electron chi connectivity index (χ4n) is 3.07. The van der Waals surface area contributed by atoms with Crippen LogP contribution in [0.1, 0.15) is 38.8 Å². The van der Waals surface area contributed by atoms with Crippen molar-refractivity contribution >= 4 is 52.4 Å². The molecule has 174 valence electrons. The van der Waals surface area contributed by atoms with Crippen LogP contribution in [-0.2, 0) is 11.2 Å². The van der Waals surface area contributed by atoms with E-state index in [0.29, 0.717) is 21.9 Å². The molecule has 0 spiro atoms. The largest absolute Gasteiger partial charge is 0.482 e. The van der Waals surface area contributed by atoms with Gasteiger partial charge in [-0.2, -0.15) is 0 Å². The number of carboxylic acid groups (broad SMARTS) is 1. The number of halogens is 2. The lowest BCUT2D eigenvalue weighted by Crippen LogP contribution is -2.19. The van der Waals surface area contributed by atoms with Crippen LogP contribution in [0.2, 0.25) is 10.0 Å². The molecule has 1 amide bonds. The molecule has 0 aliphatic rings. The van der Waals surface area contributed by atoms with Gasteiger partial charge in [0.15, 0.2) is 12.4 Å². The summed E-state index contributed by atoms with van der Waals surface area (Å²) in [6.45, 7) is 0.950. The molecule has 0 unspecified atom stereocenters. The number of nitrogens with zero attached hydrogens (tertiary/aromatic N) is 1. The molecule has 0 aliphatic carbocycles. The summed E-state index contributed by atoms with van der Waals surface area (Å²) in [4.78, 5) is 41.1. The molecule has 34 heavy (non-hydrogen) atoms. The van der Waals surface area contributed by atoms with E-state index in [1.54, 1.807) is 37.3 Å². The molecule has 0 fully saturated rings. The second kappa shape index (κ2) is 10.9. The minimum Gasteiger partial charge on any atom is -0.482 e. The van der Waals surface area contributed by atoms with Gasteiger partial charge in [0.25, 0.3) is 5.91 Å². The van der Waals surface area contributed by atoms with Gasteiger partial charge in [-0.3, -0.25) is 9.59 Å². The van der Waals surface area contributed by atoms with Crippen molar-refractivity contribution in [2.75, 3.05) is 11.9 Å². The zero-order valence-corrected chi connectivity index (χ0v) is 19.4. The molecule has 1 aromatic heterocycles. The minimum atomic E-state index is -1.23. The molecular formula is C24H19Cl2N3O5. The lowest BCUT2D eigenvalue weighted by molar-refractivity contribution is -0.139. The summed E-state index contributed by atoms with van der Waals surface area (Å²) in [5.41, 5.74) is 1.59. The molecule has 0 bridgehead atoms. The van der Waals surface area contributed by atoms with E-state index in [4.69, 9.17) is 38.5 Å². The number of rotatable bonds is 9. The van der Waals surface area contributed by atoms with E-state index in [1.165, 1.54) is 24.4 Å². The first-order chi connectivity index (χ1) is 16.1. The summed E-state index contributed by atoms with van der Waals surface area (Å²) >= 11 is 12.0. The molecule has 10 heteroatoms. The van der Waals surface area contributed by atoms with Crippen LogP contribution in [0.25, 0.3) is 0 Å². The number of hydrogen-bond donors (Lipinski definition) is 3. The van der Waals surface area contributed by atoms with E-state index in [9.17, 15) is 14.4 Å². The molecular weight excluding hydrogens is 481 g/mol. The number of nitrogens with one attached hydrogen (secondary N) is 2. The number of benzene rings is 2. The maximum absolute atomic E-state index is 13.1. The molecule has 0 atom stereocenters. The number of pyridine rings is 1. The van der Waals surface area contributed by atoms with Crippen molar-refractivity contribution in [1.82, 2.24) is 4.98 Å². The van der Waals surface area contributed by atoms with Crippen molar-refractivity contribution < 1.29 is 24.2 Å². The van der Waals surface area contributed by atoms with E-state index in [-0.39, 0.29) is 39.9 Å². The summed E-state index contributed by atoms with van der Waals surface area (Å²) < 4.78 is 5.35. The van der Waals surface area contributed by atoms with Crippen LogP contribution in [0.4, 0.5) is 5.82 Å². The number of carbonyl (C=O) groups excluding carboxylic acids is 2. The monoisotopic (exact) mass is 499 g/mol. The number of aromatic nitrogens is 1. The number of ether oxygens (including phenoxy) is 1. The third kappa shape index (κ3) is 6.40. The lowest BCUT2D eigenvalue weighted by Gasteiger charge is -2.16. The Kier molecular flexibility index (Phi) is 7.99. The summed E-state index contributed by atoms with van der Waals surface area (Å²) in [6, 6.07) is 12.2. The predicted molar refractivity (Wildman–Crippen MR) is 129 cm³/mol. The standard InChI is InChI=1S/C24H19Cl2N3O5/c1-13(27)14-2-4-15(5-3-14)20(30)10-18-19(8-17(26)9-21(18)34-12-23(31)32)24(33)29-22-7-6-16(25)11-28-22/h2-9,11,27H,10,12H2,1H3,(H,31,32)(H,28,29,33). The molecule has 2 aromatic carbocycles. The zero-order chi connectivity index (χ0) is 24.8. The Morgan fingerprint density at radius 1 is 1.03 bits per heavy atom. The predicted octanol–water partition coefficient (Wildman–Crippen LogP) is 4.92. The van der Waals surface area contributed by atoms with Crippen molar-refractivity contribution in [2.45, 2.75) is 13.3 Å². The van der Waals surface area contributed by atoms with Gasteiger partial charge in [0.2, 0.25) is 0 Å². The van der Waals surface area contributed by atoms with Gasteiger partial charge in [-0.25, -0.2) is 9.78 Å². The Hall–Kier alpha value is -3.75. The molecule has 0 saturated carbocycles. The van der Waals surface area contributed by atoms with Gasteiger partial charge in [-0.1, -0.05) is 47.5 Å². The third-order valence-corrected chi connectivity index (χ3v) is 5.16. The van der Waals surface area contributed by atoms with Crippen LogP contribution in [0.3, 0.4) is 0 Å². The molecule has 8 nitrogen and oxygen atoms in total. The van der Waals surface area contributed by atoms with Gasteiger partial charge < -0.3 is 20.6 Å². The van der Waals surface area contributed by atoms with Crippen molar-refractivity contribution in [1.29, 1.82) is 5.41 Å². The van der Waals surface area contributed by atoms with Crippen molar-refractivity contribution in [3.05, 3.63) is 87.0 Å². The van der Waals surface area contributed by atoms with Crippen molar-refractivity contribution in [3.63, 3.8) is 0 Å². The first-order valence-electron chi connectivity index (χ1n) is 9.92. The SMILES string of the molecule is CC(=N)c1ccc(C(=O)Cc2c(OCC(=O)O)cc(Cl)cc2C(=O)Nc2ccc(Cl)cn2)cc1. The first kappa shape index (κ1) is 24.9. The van der Waals surface area contributed by atoms with E-state index in [1.807, 2.05) is 0 Å². The normalized spacial score (nSPS) is 10.4. The number of anilines is 1. The Morgan fingerprint density at radius 2 is 1.71 bits per heavy atom. The van der Waals surface area contributed by atoms with Crippen molar-refractivity contribution in [2.24, 2.45) is 0 Å². The smallest absolute Gasteiger partial charge is 0.341 e. The highest BCUT2D eigenvalue weighted by molar-refractivity contribution is 6.31. The van der Waals surface area contributed by atoms with E-state index < -0.39 is 18.5 Å². The topological polar surface area (TPSA) is 129 Å². The van der Waals surface area contributed by atoms with Gasteiger partial charge >= 0.3 is 5.97 Å². The Labute approximate surface area is 205 Å². The van der Waals surface area contributed by atoms with Crippen LogP contribution in [0.15, 0.2) is 54.7 Å². The molecule has 3 N–H and O–H groups in total. The van der Waals surface area contributed by atoms with Gasteiger partial charge in [-0.15, -0.1) is 0 Å². The van der Waals surface area contributed by atoms with Crippen LogP contribution in [-0.4, -0.2) is 40.1 Å². The average molecular weight is 500 g/mol. The zero-order valence-electron chi connectivity index (χ0n) is 17.9. The minimum absolute atomic E-state index is 0.00409. The fourth-order valence-corrected chi connectivity index (χ4v) is 3.39. The molecule has 0 saturated heterocycles. The van der Waals surface area contributed by atoms with Crippen molar-refractivity contribution in [3.8, 4) is 5.75 Å². The quantitative estimate of drug-likeness (QED) is 0.283. The highest BCUT2D eigenvalue weighted by Gasteiger charge is 2.22. The Balaban J connectivity index is 1.98. The van der Waals surface area contributed by atoms with Gasteiger partial charge in [0, 0.05) is 40.0 Å². The van der Waals surface area contributed by atoms with Crippen LogP contribution in [0.5, 0.6) is 5.75 Å². The van der Waals surface area contributed by atoms with Gasteiger partial charge in [0.1, 0.15) is 11.6 Å². The molecule has 1 heterocycles. The summed E-state index contributed by atoms with van der Waals surface area (Å²) in [7, 11) is 0. The number of aliphatic carboxylic acids is 1. The molecule has 3 rings (SSSR count). The molecule has 3 aromatic rings. The number of ketones is 1. The number of Topliss-reactive ketones (excluding diaryl/α,β-unsaturated/α-hetero) is 1. The number of hydrogen-bond acceptors (Lipinski definition) is 6. The average Bonchev–Trinajstić information content (AvgIpc) is 2.80. The first-order valence-corrected chi connectivity index (χ1v) is 10.7. The summed E-state index contributed by atoms with van der Waals surface area (Å²) in [6.07, 6.45) is 1.10. The number of carboxylic acids is 1. The molecule has 0 radical (unpaired) electrons. The summed E-state index contributed by atoms with van der Waals surface area (Å²) in [5.74, 6) is -1.96. The molecule has 0 aliphatic heterocycles. The van der Waals surface area contributed by atoms with Crippen LogP contribution < -0.4 is 10.1 Å². The van der Waals surface area contributed by atoms with E-state index in [0.717, 1.165) is 0 Å². The maximum Gasteiger partial charge on any atom is 0.341 e. The Morgan fingerprint density at radius 3 is 2.29 bits per heavy atom. The maximum atomic E-state index is 13.1. The van der Waals surface area contributed by atoms with Gasteiger partial charge in [-0.05, 0) is 36.8 Å². The van der Waals surface area contributed by atoms with Crippen LogP contribution in [0, 0.1) is 5.41 Å². The number of amides is 1. The third-order valence-electron chi connectivity index (χ3n) is 4.72. The second-order valence-corrected chi connectivity index (χ2v) is 8.10.